The number of benzene rings is 2. The minimum absolute atomic E-state index is 0.106. The van der Waals surface area contributed by atoms with Crippen molar-refractivity contribution in [1.29, 1.82) is 5.26 Å². The van der Waals surface area contributed by atoms with E-state index in [1.807, 2.05) is 24.3 Å². The summed E-state index contributed by atoms with van der Waals surface area (Å²) in [5, 5.41) is 11.1. The number of carbonyl (C=O) groups excluding carboxylic acids is 2. The molecule has 7 heteroatoms. The Morgan fingerprint density at radius 1 is 1.15 bits per heavy atom. The summed E-state index contributed by atoms with van der Waals surface area (Å²) in [6.45, 7) is 11.6. The lowest BCUT2D eigenvalue weighted by atomic mass is 9.71. The van der Waals surface area contributed by atoms with E-state index in [2.05, 4.69) is 39.9 Å². The van der Waals surface area contributed by atoms with Crippen LogP contribution in [0.5, 0.6) is 0 Å². The maximum atomic E-state index is 13.8. The number of nitrogens with zero attached hydrogens (tertiary/aromatic N) is 2. The van der Waals surface area contributed by atoms with Crippen molar-refractivity contribution in [3.8, 4) is 6.07 Å². The molecule has 0 spiro atoms. The molecule has 5 rings (SSSR count). The lowest BCUT2D eigenvalue weighted by molar-refractivity contribution is -0.128. The summed E-state index contributed by atoms with van der Waals surface area (Å²) >= 11 is 0. The van der Waals surface area contributed by atoms with Crippen molar-refractivity contribution in [3.05, 3.63) is 42.0 Å². The van der Waals surface area contributed by atoms with Crippen molar-refractivity contribution in [2.75, 3.05) is 11.5 Å². The van der Waals surface area contributed by atoms with Gasteiger partial charge in [0.2, 0.25) is 11.8 Å². The van der Waals surface area contributed by atoms with E-state index >= 15 is 0 Å². The highest BCUT2D eigenvalue weighted by Crippen LogP contribution is 2.57. The second-order valence-electron chi connectivity index (χ2n) is 11.4. The average Bonchev–Trinajstić information content (AvgIpc) is 3.42. The van der Waals surface area contributed by atoms with E-state index in [1.54, 1.807) is 12.1 Å². The van der Waals surface area contributed by atoms with Crippen LogP contribution in [0.3, 0.4) is 0 Å². The number of hydrogen-bond donors (Lipinski definition) is 0. The Morgan fingerprint density at radius 3 is 2.53 bits per heavy atom. The lowest BCUT2D eigenvalue weighted by Gasteiger charge is -2.38. The molecule has 2 bridgehead atoms. The minimum Gasteiger partial charge on any atom is -0.417 e. The van der Waals surface area contributed by atoms with Gasteiger partial charge in [-0.1, -0.05) is 45.0 Å². The second kappa shape index (κ2) is 7.74. The summed E-state index contributed by atoms with van der Waals surface area (Å²) in [5.74, 6) is -1.28. The van der Waals surface area contributed by atoms with Gasteiger partial charge < -0.3 is 9.16 Å². The van der Waals surface area contributed by atoms with Crippen LogP contribution in [0.15, 0.2) is 36.4 Å². The Hall–Kier alpha value is -2.53. The van der Waals surface area contributed by atoms with Gasteiger partial charge in [0, 0.05) is 17.4 Å². The van der Waals surface area contributed by atoms with Gasteiger partial charge in [-0.05, 0) is 49.5 Å². The maximum Gasteiger partial charge on any atom is 0.240 e. The topological polar surface area (TPSA) is 79.6 Å². The van der Waals surface area contributed by atoms with Gasteiger partial charge in [0.15, 0.2) is 8.32 Å². The van der Waals surface area contributed by atoms with Gasteiger partial charge in [-0.3, -0.25) is 9.59 Å². The van der Waals surface area contributed by atoms with Crippen LogP contribution in [0.2, 0.25) is 18.1 Å². The number of fused-ring (bicyclic) bond motifs is 6. The zero-order valence-electron chi connectivity index (χ0n) is 20.6. The van der Waals surface area contributed by atoms with Crippen molar-refractivity contribution in [1.82, 2.24) is 0 Å². The van der Waals surface area contributed by atoms with Crippen molar-refractivity contribution in [3.63, 3.8) is 0 Å². The van der Waals surface area contributed by atoms with Crippen LogP contribution in [0.4, 0.5) is 5.69 Å². The highest BCUT2D eigenvalue weighted by Gasteiger charge is 2.69. The summed E-state index contributed by atoms with van der Waals surface area (Å²) in [6.07, 6.45) is 1.98. The van der Waals surface area contributed by atoms with Crippen LogP contribution in [-0.4, -0.2) is 38.4 Å². The Balaban J connectivity index is 1.46. The summed E-state index contributed by atoms with van der Waals surface area (Å²) < 4.78 is 12.8. The molecular weight excluding hydrogens is 444 g/mol. The fraction of sp³-hybridized carbons (Fsp3) is 0.519. The van der Waals surface area contributed by atoms with Crippen molar-refractivity contribution < 1.29 is 18.8 Å². The molecule has 3 saturated heterocycles. The molecular formula is C27H32N2O4Si. The Morgan fingerprint density at radius 2 is 1.85 bits per heavy atom. The lowest BCUT2D eigenvalue weighted by Crippen LogP contribution is -2.45. The first-order valence-corrected chi connectivity index (χ1v) is 15.0. The SMILES string of the molecule is CC(C)(C)[Si](C)(C)OCC[C@@]12CC[C@H](O1)C1C(=O)N(c3ccc(C#N)c4ccccc34)C(=O)C12. The van der Waals surface area contributed by atoms with Gasteiger partial charge in [-0.15, -0.1) is 0 Å². The number of hydrogen-bond acceptors (Lipinski definition) is 5. The average molecular weight is 477 g/mol. The van der Waals surface area contributed by atoms with Crippen molar-refractivity contribution in [2.45, 2.75) is 69.9 Å². The fourth-order valence-electron chi connectivity index (χ4n) is 5.75. The zero-order chi connectivity index (χ0) is 24.5. The molecule has 3 aliphatic heterocycles. The molecule has 3 fully saturated rings. The number of rotatable bonds is 5. The molecule has 0 saturated carbocycles. The number of imide groups is 1. The van der Waals surface area contributed by atoms with Crippen LogP contribution in [-0.2, 0) is 18.8 Å². The third-order valence-electron chi connectivity index (χ3n) is 8.61. The highest BCUT2D eigenvalue weighted by molar-refractivity contribution is 6.74. The number of nitriles is 1. The number of amides is 2. The second-order valence-corrected chi connectivity index (χ2v) is 16.2. The van der Waals surface area contributed by atoms with E-state index in [4.69, 9.17) is 9.16 Å². The van der Waals surface area contributed by atoms with E-state index in [1.165, 1.54) is 4.90 Å². The van der Waals surface area contributed by atoms with Crippen LogP contribution in [0.1, 0.15) is 45.6 Å². The van der Waals surface area contributed by atoms with Gasteiger partial charge in [-0.2, -0.15) is 5.26 Å². The molecule has 34 heavy (non-hydrogen) atoms. The molecule has 2 aromatic rings. The van der Waals surface area contributed by atoms with Gasteiger partial charge in [-0.25, -0.2) is 4.90 Å². The molecule has 2 amide bonds. The van der Waals surface area contributed by atoms with Gasteiger partial charge in [0.25, 0.3) is 0 Å². The molecule has 2 unspecified atom stereocenters. The van der Waals surface area contributed by atoms with E-state index in [0.29, 0.717) is 24.3 Å². The Labute approximate surface area is 202 Å². The van der Waals surface area contributed by atoms with Gasteiger partial charge >= 0.3 is 0 Å². The third-order valence-corrected chi connectivity index (χ3v) is 13.2. The first-order valence-electron chi connectivity index (χ1n) is 12.1. The van der Waals surface area contributed by atoms with Crippen LogP contribution < -0.4 is 4.90 Å². The standard InChI is InChI=1S/C27H32N2O4Si/c1-26(2,3)34(4,5)32-15-14-27-13-12-21(33-27)22-23(27)25(31)29(24(22)30)20-11-10-17(16-28)18-8-6-7-9-19(18)20/h6-11,21-23H,12-15H2,1-5H3/t21-,22?,23?,27+/m0/s1. The molecule has 3 aliphatic rings. The third kappa shape index (κ3) is 3.27. The van der Waals surface area contributed by atoms with E-state index in [-0.39, 0.29) is 23.0 Å². The minimum atomic E-state index is -1.92. The van der Waals surface area contributed by atoms with Crippen LogP contribution in [0, 0.1) is 23.2 Å². The summed E-state index contributed by atoms with van der Waals surface area (Å²) in [6, 6.07) is 13.1. The molecule has 2 aromatic carbocycles. The van der Waals surface area contributed by atoms with Crippen molar-refractivity contribution >= 4 is 36.6 Å². The zero-order valence-corrected chi connectivity index (χ0v) is 21.6. The summed E-state index contributed by atoms with van der Waals surface area (Å²) in [7, 11) is -1.92. The molecule has 0 aromatic heterocycles. The predicted molar refractivity (Wildman–Crippen MR) is 133 cm³/mol. The number of anilines is 1. The first kappa shape index (κ1) is 23.2. The Bertz CT molecular complexity index is 1230. The Kier molecular flexibility index (Phi) is 5.29. The number of ether oxygens (including phenoxy) is 1. The molecule has 0 N–H and O–H groups in total. The van der Waals surface area contributed by atoms with E-state index < -0.39 is 25.8 Å². The summed E-state index contributed by atoms with van der Waals surface area (Å²) in [5.41, 5.74) is 0.453. The molecule has 178 valence electrons. The predicted octanol–water partition coefficient (Wildman–Crippen LogP) is 5.16. The number of carbonyl (C=O) groups is 2. The molecule has 0 radical (unpaired) electrons. The van der Waals surface area contributed by atoms with E-state index in [9.17, 15) is 14.9 Å². The fourth-order valence-corrected chi connectivity index (χ4v) is 6.80. The van der Waals surface area contributed by atoms with Crippen molar-refractivity contribution in [2.24, 2.45) is 11.8 Å². The van der Waals surface area contributed by atoms with Gasteiger partial charge in [0.05, 0.1) is 40.9 Å². The van der Waals surface area contributed by atoms with E-state index in [0.717, 1.165) is 23.6 Å². The van der Waals surface area contributed by atoms with Crippen LogP contribution in [0.25, 0.3) is 10.8 Å². The quantitative estimate of drug-likeness (QED) is 0.440. The monoisotopic (exact) mass is 476 g/mol. The molecule has 3 heterocycles. The largest absolute Gasteiger partial charge is 0.417 e. The molecule has 6 nitrogen and oxygen atoms in total. The normalized spacial score (nSPS) is 28.6. The first-order chi connectivity index (χ1) is 16.0. The maximum absolute atomic E-state index is 13.8. The van der Waals surface area contributed by atoms with Crippen LogP contribution >= 0.6 is 0 Å². The smallest absolute Gasteiger partial charge is 0.240 e. The molecule has 4 atom stereocenters. The summed E-state index contributed by atoms with van der Waals surface area (Å²) in [4.78, 5) is 28.8. The molecule has 0 aliphatic carbocycles. The van der Waals surface area contributed by atoms with Gasteiger partial charge in [0.1, 0.15) is 0 Å². The highest BCUT2D eigenvalue weighted by atomic mass is 28.4.